The highest BCUT2D eigenvalue weighted by atomic mass is 16.5. The maximum Gasteiger partial charge on any atom is 0.315 e. The molecule has 8 heteroatoms. The van der Waals surface area contributed by atoms with Crippen LogP contribution in [0, 0.1) is 0 Å². The van der Waals surface area contributed by atoms with Crippen molar-refractivity contribution in [1.82, 2.24) is 25.6 Å². The number of hydrogen-bond acceptors (Lipinski definition) is 5. The van der Waals surface area contributed by atoms with Crippen LogP contribution < -0.4 is 10.6 Å². The molecule has 0 bridgehead atoms. The lowest BCUT2D eigenvalue weighted by atomic mass is 10.00. The summed E-state index contributed by atoms with van der Waals surface area (Å²) in [6, 6.07) is 1.42. The highest BCUT2D eigenvalue weighted by Crippen LogP contribution is 2.18. The van der Waals surface area contributed by atoms with Gasteiger partial charge in [-0.3, -0.25) is 4.68 Å². The molecule has 2 aromatic heterocycles. The van der Waals surface area contributed by atoms with Crippen LogP contribution in [0.1, 0.15) is 43.7 Å². The van der Waals surface area contributed by atoms with Crippen LogP contribution in [-0.2, 0) is 19.2 Å². The molecule has 8 nitrogen and oxygen atoms in total. The normalized spacial score (nSPS) is 13.8. The Labute approximate surface area is 134 Å². The summed E-state index contributed by atoms with van der Waals surface area (Å²) in [4.78, 5) is 11.8. The van der Waals surface area contributed by atoms with E-state index >= 15 is 0 Å². The number of rotatable bonds is 6. The van der Waals surface area contributed by atoms with Gasteiger partial charge in [-0.15, -0.1) is 0 Å². The van der Waals surface area contributed by atoms with Crippen LogP contribution in [0.2, 0.25) is 0 Å². The van der Waals surface area contributed by atoms with Crippen LogP contribution in [0.5, 0.6) is 0 Å². The number of hydrogen-bond donors (Lipinski definition) is 3. The second kappa shape index (κ2) is 6.82. The van der Waals surface area contributed by atoms with E-state index in [1.54, 1.807) is 31.0 Å². The quantitative estimate of drug-likeness (QED) is 0.742. The third-order valence-electron chi connectivity index (χ3n) is 3.51. The second-order valence-corrected chi connectivity index (χ2v) is 6.09. The highest BCUT2D eigenvalue weighted by molar-refractivity contribution is 5.73. The van der Waals surface area contributed by atoms with Gasteiger partial charge in [0, 0.05) is 24.9 Å². The number of amides is 2. The van der Waals surface area contributed by atoms with E-state index in [2.05, 4.69) is 20.9 Å². The van der Waals surface area contributed by atoms with Gasteiger partial charge in [0.05, 0.1) is 25.0 Å². The van der Waals surface area contributed by atoms with Crippen molar-refractivity contribution in [2.75, 3.05) is 6.54 Å². The van der Waals surface area contributed by atoms with E-state index in [-0.39, 0.29) is 19.0 Å². The zero-order chi connectivity index (χ0) is 17.0. The third-order valence-corrected chi connectivity index (χ3v) is 3.51. The van der Waals surface area contributed by atoms with Crippen LogP contribution in [0.3, 0.4) is 0 Å². The molecule has 0 spiro atoms. The number of aromatic nitrogens is 3. The van der Waals surface area contributed by atoms with Crippen LogP contribution in [-0.4, -0.2) is 32.6 Å². The zero-order valence-corrected chi connectivity index (χ0v) is 13.8. The molecule has 2 heterocycles. The van der Waals surface area contributed by atoms with Gasteiger partial charge in [0.25, 0.3) is 0 Å². The summed E-state index contributed by atoms with van der Waals surface area (Å²) >= 11 is 0. The summed E-state index contributed by atoms with van der Waals surface area (Å²) in [7, 11) is 1.77. The SMILES string of the molecule is CC(C)c1cc(CNC(=O)NCC(C)(O)c2cnn(C)c2)on1. The maximum atomic E-state index is 11.8. The molecule has 0 fully saturated rings. The van der Waals surface area contributed by atoms with Gasteiger partial charge in [0.15, 0.2) is 5.76 Å². The molecule has 0 aliphatic heterocycles. The van der Waals surface area contributed by atoms with Gasteiger partial charge in [-0.2, -0.15) is 5.10 Å². The second-order valence-electron chi connectivity index (χ2n) is 6.09. The third kappa shape index (κ3) is 4.56. The van der Waals surface area contributed by atoms with Gasteiger partial charge in [0.1, 0.15) is 5.60 Å². The summed E-state index contributed by atoms with van der Waals surface area (Å²) in [5.41, 5.74) is 0.293. The molecule has 0 aliphatic carbocycles. The molecular formula is C15H23N5O3. The summed E-state index contributed by atoms with van der Waals surface area (Å²) < 4.78 is 6.74. The lowest BCUT2D eigenvalue weighted by Gasteiger charge is -2.22. The predicted octanol–water partition coefficient (Wildman–Crippen LogP) is 1.24. The van der Waals surface area contributed by atoms with Crippen LogP contribution in [0.25, 0.3) is 0 Å². The molecule has 0 saturated carbocycles. The molecular weight excluding hydrogens is 298 g/mol. The van der Waals surface area contributed by atoms with E-state index in [0.717, 1.165) is 5.69 Å². The lowest BCUT2D eigenvalue weighted by molar-refractivity contribution is 0.0593. The average molecular weight is 321 g/mol. The fourth-order valence-corrected chi connectivity index (χ4v) is 1.97. The molecule has 1 unspecified atom stereocenters. The largest absolute Gasteiger partial charge is 0.383 e. The number of carbonyl (C=O) groups is 1. The van der Waals surface area contributed by atoms with E-state index in [9.17, 15) is 9.90 Å². The maximum absolute atomic E-state index is 11.8. The van der Waals surface area contributed by atoms with Crippen molar-refractivity contribution in [3.63, 3.8) is 0 Å². The number of urea groups is 1. The van der Waals surface area contributed by atoms with Crippen molar-refractivity contribution in [3.05, 3.63) is 35.5 Å². The average Bonchev–Trinajstić information content (AvgIpc) is 3.12. The zero-order valence-electron chi connectivity index (χ0n) is 13.8. The van der Waals surface area contributed by atoms with Gasteiger partial charge in [-0.1, -0.05) is 19.0 Å². The van der Waals surface area contributed by atoms with Crippen LogP contribution >= 0.6 is 0 Å². The standard InChI is InChI=1S/C15H23N5O3/c1-10(2)13-5-12(23-19-13)7-16-14(21)17-9-15(3,22)11-6-18-20(4)8-11/h5-6,8,10,22H,7,9H2,1-4H3,(H2,16,17,21). The topological polar surface area (TPSA) is 105 Å². The van der Waals surface area contributed by atoms with E-state index in [0.29, 0.717) is 11.3 Å². The number of aryl methyl sites for hydroxylation is 1. The fourth-order valence-electron chi connectivity index (χ4n) is 1.97. The highest BCUT2D eigenvalue weighted by Gasteiger charge is 2.25. The molecule has 2 rings (SSSR count). The summed E-state index contributed by atoms with van der Waals surface area (Å²) in [6.45, 7) is 5.96. The Morgan fingerprint density at radius 1 is 1.48 bits per heavy atom. The van der Waals surface area contributed by atoms with Crippen molar-refractivity contribution >= 4 is 6.03 Å². The first-order valence-corrected chi connectivity index (χ1v) is 7.46. The Morgan fingerprint density at radius 2 is 2.22 bits per heavy atom. The Balaban J connectivity index is 1.80. The van der Waals surface area contributed by atoms with E-state index < -0.39 is 11.6 Å². The molecule has 2 aromatic rings. The molecule has 3 N–H and O–H groups in total. The number of carbonyl (C=O) groups excluding carboxylic acids is 1. The first kappa shape index (κ1) is 17.0. The predicted molar refractivity (Wildman–Crippen MR) is 83.6 cm³/mol. The molecule has 0 radical (unpaired) electrons. The first-order chi connectivity index (χ1) is 10.8. The molecule has 1 atom stereocenters. The van der Waals surface area contributed by atoms with Crippen LogP contribution in [0.4, 0.5) is 4.79 Å². The van der Waals surface area contributed by atoms with Crippen molar-refractivity contribution in [2.45, 2.75) is 38.8 Å². The van der Waals surface area contributed by atoms with Gasteiger partial charge in [-0.05, 0) is 12.8 Å². The molecule has 126 valence electrons. The van der Waals surface area contributed by atoms with E-state index in [4.69, 9.17) is 4.52 Å². The molecule has 0 aliphatic rings. The minimum absolute atomic E-state index is 0.0676. The summed E-state index contributed by atoms with van der Waals surface area (Å²) in [5.74, 6) is 0.860. The molecule has 2 amide bonds. The Kier molecular flexibility index (Phi) is 5.05. The van der Waals surface area contributed by atoms with Gasteiger partial charge >= 0.3 is 6.03 Å². The number of nitrogens with one attached hydrogen (secondary N) is 2. The smallest absolute Gasteiger partial charge is 0.315 e. The van der Waals surface area contributed by atoms with Gasteiger partial charge in [0.2, 0.25) is 0 Å². The lowest BCUT2D eigenvalue weighted by Crippen LogP contribution is -2.43. The molecule has 23 heavy (non-hydrogen) atoms. The first-order valence-electron chi connectivity index (χ1n) is 7.46. The van der Waals surface area contributed by atoms with Crippen molar-refractivity contribution in [1.29, 1.82) is 0 Å². The summed E-state index contributed by atoms with van der Waals surface area (Å²) in [6.07, 6.45) is 3.28. The monoisotopic (exact) mass is 321 g/mol. The minimum atomic E-state index is -1.19. The molecule has 0 aromatic carbocycles. The minimum Gasteiger partial charge on any atom is -0.383 e. The number of aliphatic hydroxyl groups is 1. The Hall–Kier alpha value is -2.35. The van der Waals surface area contributed by atoms with Gasteiger partial charge in [-0.25, -0.2) is 4.79 Å². The van der Waals surface area contributed by atoms with E-state index in [1.807, 2.05) is 19.9 Å². The van der Waals surface area contributed by atoms with Crippen molar-refractivity contribution < 1.29 is 14.4 Å². The number of nitrogens with zero attached hydrogens (tertiary/aromatic N) is 3. The Bertz CT molecular complexity index is 660. The molecule has 0 saturated heterocycles. The summed E-state index contributed by atoms with van der Waals surface area (Å²) in [5, 5.41) is 23.6. The van der Waals surface area contributed by atoms with Gasteiger partial charge < -0.3 is 20.3 Å². The Morgan fingerprint density at radius 3 is 2.78 bits per heavy atom. The van der Waals surface area contributed by atoms with Crippen molar-refractivity contribution in [3.8, 4) is 0 Å². The van der Waals surface area contributed by atoms with Crippen LogP contribution in [0.15, 0.2) is 23.0 Å². The van der Waals surface area contributed by atoms with E-state index in [1.165, 1.54) is 0 Å². The van der Waals surface area contributed by atoms with Crippen molar-refractivity contribution in [2.24, 2.45) is 7.05 Å². The fraction of sp³-hybridized carbons (Fsp3) is 0.533.